The highest BCUT2D eigenvalue weighted by molar-refractivity contribution is 7.89. The highest BCUT2D eigenvalue weighted by Crippen LogP contribution is 2.24. The summed E-state index contributed by atoms with van der Waals surface area (Å²) in [6.07, 6.45) is 0. The van der Waals surface area contributed by atoms with Crippen molar-refractivity contribution in [2.75, 3.05) is 13.6 Å². The number of sulfonamides is 1. The topological polar surface area (TPSA) is 101 Å². The number of halogens is 1. The predicted octanol–water partition coefficient (Wildman–Crippen LogP) is 1.13. The molecule has 0 spiro atoms. The Hall–Kier alpha value is -1.58. The third-order valence-corrected chi connectivity index (χ3v) is 4.23. The number of benzene rings is 1. The summed E-state index contributed by atoms with van der Waals surface area (Å²) in [7, 11) is -2.82. The molecular weight excluding hydrogens is 291 g/mol. The molecule has 0 unspecified atom stereocenters. The first-order valence-electron chi connectivity index (χ1n) is 5.58. The molecule has 0 heterocycles. The molecule has 9 heteroatoms. The number of nitrogens with zero attached hydrogens (tertiary/aromatic N) is 2. The summed E-state index contributed by atoms with van der Waals surface area (Å²) in [5.74, 6) is -1.11. The molecule has 0 aliphatic carbocycles. The monoisotopic (exact) mass is 306 g/mol. The maximum absolute atomic E-state index is 13.2. The summed E-state index contributed by atoms with van der Waals surface area (Å²) in [5, 5.41) is 20.2. The molecule has 0 atom stereocenters. The number of nitro benzene ring substituents is 1. The predicted molar refractivity (Wildman–Crippen MR) is 69.2 cm³/mol. The van der Waals surface area contributed by atoms with Gasteiger partial charge in [0.2, 0.25) is 15.8 Å². The molecule has 0 bridgehead atoms. The van der Waals surface area contributed by atoms with Crippen LogP contribution in [0.4, 0.5) is 10.1 Å². The van der Waals surface area contributed by atoms with Gasteiger partial charge in [-0.2, -0.15) is 8.70 Å². The Morgan fingerprint density at radius 1 is 1.45 bits per heavy atom. The van der Waals surface area contributed by atoms with Gasteiger partial charge in [0, 0.05) is 19.7 Å². The standard InChI is InChI=1S/C11H15FN2O5S/c1-11(2,15)7-13(3)20(18,19)8-4-5-9(12)10(6-8)14(16)17/h4-6,15H,7H2,1-3H3. The molecule has 1 rings (SSSR count). The van der Waals surface area contributed by atoms with E-state index in [4.69, 9.17) is 0 Å². The molecule has 1 aromatic rings. The molecule has 1 aromatic carbocycles. The minimum atomic E-state index is -4.04. The van der Waals surface area contributed by atoms with Gasteiger partial charge in [-0.05, 0) is 26.0 Å². The van der Waals surface area contributed by atoms with Crippen LogP contribution in [0.15, 0.2) is 23.1 Å². The van der Waals surface area contributed by atoms with E-state index >= 15 is 0 Å². The lowest BCUT2D eigenvalue weighted by atomic mass is 10.1. The second kappa shape index (κ2) is 5.43. The van der Waals surface area contributed by atoms with Gasteiger partial charge < -0.3 is 5.11 Å². The van der Waals surface area contributed by atoms with Crippen molar-refractivity contribution >= 4 is 15.7 Å². The molecule has 0 aliphatic rings. The van der Waals surface area contributed by atoms with E-state index in [1.165, 1.54) is 20.9 Å². The third-order valence-electron chi connectivity index (χ3n) is 2.43. The Balaban J connectivity index is 3.23. The Kier molecular flexibility index (Phi) is 4.47. The van der Waals surface area contributed by atoms with Gasteiger partial charge in [-0.15, -0.1) is 0 Å². The first-order chi connectivity index (χ1) is 8.95. The van der Waals surface area contributed by atoms with Crippen molar-refractivity contribution < 1.29 is 22.8 Å². The summed E-state index contributed by atoms with van der Waals surface area (Å²) >= 11 is 0. The van der Waals surface area contributed by atoms with Crippen LogP contribution in [0.1, 0.15) is 13.8 Å². The molecule has 0 saturated carbocycles. The van der Waals surface area contributed by atoms with E-state index in [-0.39, 0.29) is 6.54 Å². The Morgan fingerprint density at radius 2 is 2.00 bits per heavy atom. The minimum Gasteiger partial charge on any atom is -0.389 e. The highest BCUT2D eigenvalue weighted by atomic mass is 32.2. The van der Waals surface area contributed by atoms with Gasteiger partial charge in [0.15, 0.2) is 0 Å². The van der Waals surface area contributed by atoms with Gasteiger partial charge in [-0.25, -0.2) is 8.42 Å². The smallest absolute Gasteiger partial charge is 0.306 e. The molecule has 0 radical (unpaired) electrons. The quantitative estimate of drug-likeness (QED) is 0.649. The molecule has 7 nitrogen and oxygen atoms in total. The van der Waals surface area contributed by atoms with Crippen molar-refractivity contribution in [3.8, 4) is 0 Å². The normalized spacial score (nSPS) is 12.7. The average Bonchev–Trinajstić information content (AvgIpc) is 2.26. The van der Waals surface area contributed by atoms with Crippen molar-refractivity contribution in [1.82, 2.24) is 4.31 Å². The molecule has 0 aliphatic heterocycles. The first kappa shape index (κ1) is 16.5. The lowest BCUT2D eigenvalue weighted by Gasteiger charge is -2.25. The molecule has 20 heavy (non-hydrogen) atoms. The fraction of sp³-hybridized carbons (Fsp3) is 0.455. The second-order valence-electron chi connectivity index (χ2n) is 4.94. The van der Waals surface area contributed by atoms with Gasteiger partial charge in [-0.1, -0.05) is 0 Å². The fourth-order valence-corrected chi connectivity index (χ4v) is 2.95. The summed E-state index contributed by atoms with van der Waals surface area (Å²) in [6.45, 7) is 2.64. The van der Waals surface area contributed by atoms with Gasteiger partial charge in [0.1, 0.15) is 0 Å². The number of aliphatic hydroxyl groups is 1. The van der Waals surface area contributed by atoms with E-state index in [2.05, 4.69) is 0 Å². The van der Waals surface area contributed by atoms with E-state index in [1.807, 2.05) is 0 Å². The zero-order valence-electron chi connectivity index (χ0n) is 11.2. The number of nitro groups is 1. The van der Waals surface area contributed by atoms with Crippen molar-refractivity contribution in [3.05, 3.63) is 34.1 Å². The van der Waals surface area contributed by atoms with Crippen molar-refractivity contribution in [2.24, 2.45) is 0 Å². The van der Waals surface area contributed by atoms with Crippen LogP contribution in [0.25, 0.3) is 0 Å². The molecule has 112 valence electrons. The Morgan fingerprint density at radius 3 is 2.45 bits per heavy atom. The largest absolute Gasteiger partial charge is 0.389 e. The summed E-state index contributed by atoms with van der Waals surface area (Å²) in [5.41, 5.74) is -2.18. The lowest BCUT2D eigenvalue weighted by molar-refractivity contribution is -0.387. The number of likely N-dealkylation sites (N-methyl/N-ethyl adjacent to an activating group) is 1. The Labute approximate surface area is 115 Å². The summed E-state index contributed by atoms with van der Waals surface area (Å²) in [6, 6.07) is 2.33. The molecule has 0 amide bonds. The molecular formula is C11H15FN2O5S. The van der Waals surface area contributed by atoms with Gasteiger partial charge in [-0.3, -0.25) is 10.1 Å². The fourth-order valence-electron chi connectivity index (χ4n) is 1.60. The maximum Gasteiger partial charge on any atom is 0.306 e. The zero-order chi connectivity index (χ0) is 15.7. The maximum atomic E-state index is 13.2. The van der Waals surface area contributed by atoms with Crippen LogP contribution in [0, 0.1) is 15.9 Å². The van der Waals surface area contributed by atoms with Gasteiger partial charge >= 0.3 is 5.69 Å². The van der Waals surface area contributed by atoms with E-state index in [0.29, 0.717) is 6.07 Å². The zero-order valence-corrected chi connectivity index (χ0v) is 12.0. The summed E-state index contributed by atoms with van der Waals surface area (Å²) < 4.78 is 38.4. The molecule has 0 fully saturated rings. The van der Waals surface area contributed by atoms with E-state index in [0.717, 1.165) is 16.4 Å². The second-order valence-corrected chi connectivity index (χ2v) is 6.99. The number of hydrogen-bond donors (Lipinski definition) is 1. The van der Waals surface area contributed by atoms with Crippen LogP contribution in [0.2, 0.25) is 0 Å². The van der Waals surface area contributed by atoms with Gasteiger partial charge in [0.25, 0.3) is 0 Å². The van der Waals surface area contributed by atoms with E-state index in [1.54, 1.807) is 0 Å². The SMILES string of the molecule is CN(CC(C)(C)O)S(=O)(=O)c1ccc(F)c([N+](=O)[O-])c1. The minimum absolute atomic E-state index is 0.208. The van der Waals surface area contributed by atoms with Crippen LogP contribution in [0.5, 0.6) is 0 Å². The van der Waals surface area contributed by atoms with E-state index < -0.39 is 36.9 Å². The highest BCUT2D eigenvalue weighted by Gasteiger charge is 2.28. The van der Waals surface area contributed by atoms with Crippen molar-refractivity contribution in [2.45, 2.75) is 24.3 Å². The summed E-state index contributed by atoms with van der Waals surface area (Å²) in [4.78, 5) is 9.22. The Bertz CT molecular complexity index is 624. The molecule has 0 aromatic heterocycles. The lowest BCUT2D eigenvalue weighted by Crippen LogP contribution is -2.39. The molecule has 1 N–H and O–H groups in total. The third kappa shape index (κ3) is 3.71. The average molecular weight is 306 g/mol. The van der Waals surface area contributed by atoms with Crippen LogP contribution >= 0.6 is 0 Å². The molecule has 0 saturated heterocycles. The van der Waals surface area contributed by atoms with Crippen LogP contribution < -0.4 is 0 Å². The van der Waals surface area contributed by atoms with E-state index in [9.17, 15) is 28.0 Å². The van der Waals surface area contributed by atoms with Gasteiger partial charge in [0.05, 0.1) is 15.4 Å². The van der Waals surface area contributed by atoms with Crippen molar-refractivity contribution in [3.63, 3.8) is 0 Å². The van der Waals surface area contributed by atoms with Crippen LogP contribution in [-0.4, -0.2) is 41.9 Å². The van der Waals surface area contributed by atoms with Crippen LogP contribution in [0.3, 0.4) is 0 Å². The van der Waals surface area contributed by atoms with Crippen molar-refractivity contribution in [1.29, 1.82) is 0 Å². The van der Waals surface area contributed by atoms with Crippen LogP contribution in [-0.2, 0) is 10.0 Å². The number of rotatable bonds is 5. The number of hydrogen-bond acceptors (Lipinski definition) is 5. The first-order valence-corrected chi connectivity index (χ1v) is 7.02.